The zero-order valence-electron chi connectivity index (χ0n) is 10.1. The van der Waals surface area contributed by atoms with Crippen LogP contribution < -0.4 is 4.90 Å². The van der Waals surface area contributed by atoms with Crippen molar-refractivity contribution in [3.05, 3.63) is 30.4 Å². The van der Waals surface area contributed by atoms with Crippen molar-refractivity contribution in [3.8, 4) is 0 Å². The Morgan fingerprint density at radius 3 is 2.62 bits per heavy atom. The van der Waals surface area contributed by atoms with Gasteiger partial charge in [0.25, 0.3) is 0 Å². The first-order valence-corrected chi connectivity index (χ1v) is 6.05. The summed E-state index contributed by atoms with van der Waals surface area (Å²) in [7, 11) is 0. The number of aromatic nitrogens is 2. The molecule has 0 amide bonds. The second-order valence-electron chi connectivity index (χ2n) is 4.15. The maximum atomic E-state index is 4.43. The largest absolute Gasteiger partial charge is 0.330 e. The highest BCUT2D eigenvalue weighted by atomic mass is 15.2. The van der Waals surface area contributed by atoms with Crippen LogP contribution >= 0.6 is 0 Å². The Balaban J connectivity index is 2.41. The summed E-state index contributed by atoms with van der Waals surface area (Å²) in [5.41, 5.74) is 2.44. The van der Waals surface area contributed by atoms with Gasteiger partial charge in [-0.2, -0.15) is 0 Å². The highest BCUT2D eigenvalue weighted by molar-refractivity contribution is 5.52. The van der Waals surface area contributed by atoms with Gasteiger partial charge >= 0.3 is 0 Å². The summed E-state index contributed by atoms with van der Waals surface area (Å²) in [6, 6.07) is 0.613. The highest BCUT2D eigenvalue weighted by Crippen LogP contribution is 2.33. The van der Waals surface area contributed by atoms with Gasteiger partial charge in [0, 0.05) is 17.3 Å². The van der Waals surface area contributed by atoms with E-state index < -0.39 is 0 Å². The average molecular weight is 217 g/mol. The lowest BCUT2D eigenvalue weighted by molar-refractivity contribution is 0.869. The average Bonchev–Trinajstić information content (AvgIpc) is 3.14. The molecule has 0 bridgehead atoms. The van der Waals surface area contributed by atoms with Crippen molar-refractivity contribution in [3.63, 3.8) is 0 Å². The van der Waals surface area contributed by atoms with Crippen molar-refractivity contribution in [1.29, 1.82) is 0 Å². The highest BCUT2D eigenvalue weighted by Gasteiger charge is 2.30. The molecule has 1 aliphatic carbocycles. The van der Waals surface area contributed by atoms with E-state index in [2.05, 4.69) is 35.3 Å². The van der Waals surface area contributed by atoms with Crippen molar-refractivity contribution in [2.24, 2.45) is 0 Å². The first kappa shape index (κ1) is 11.1. The number of anilines is 1. The molecule has 0 aromatic carbocycles. The summed E-state index contributed by atoms with van der Waals surface area (Å²) in [6.45, 7) is 8.20. The third-order valence-electron chi connectivity index (χ3n) is 3.08. The molecule has 1 aromatic heterocycles. The van der Waals surface area contributed by atoms with Crippen LogP contribution in [-0.4, -0.2) is 16.0 Å². The fourth-order valence-corrected chi connectivity index (χ4v) is 2.09. The molecule has 3 heteroatoms. The van der Waals surface area contributed by atoms with Crippen LogP contribution in [0.25, 0.3) is 0 Å². The van der Waals surface area contributed by atoms with E-state index in [4.69, 9.17) is 0 Å². The van der Waals surface area contributed by atoms with Crippen LogP contribution in [0.3, 0.4) is 0 Å². The van der Waals surface area contributed by atoms with Crippen LogP contribution in [0.2, 0.25) is 0 Å². The summed E-state index contributed by atoms with van der Waals surface area (Å²) >= 11 is 0. The second-order valence-corrected chi connectivity index (χ2v) is 4.15. The minimum Gasteiger partial charge on any atom is -0.330 e. The first-order valence-electron chi connectivity index (χ1n) is 6.05. The van der Waals surface area contributed by atoms with Gasteiger partial charge in [0.15, 0.2) is 0 Å². The molecule has 0 aliphatic heterocycles. The SMILES string of the molecule is C=CN(c1ncnc(CC)c1CC)C1CC1. The summed E-state index contributed by atoms with van der Waals surface area (Å²) < 4.78 is 0. The van der Waals surface area contributed by atoms with Gasteiger partial charge in [-0.25, -0.2) is 9.97 Å². The molecule has 2 rings (SSSR count). The van der Waals surface area contributed by atoms with Gasteiger partial charge < -0.3 is 4.90 Å². The molecular weight excluding hydrogens is 198 g/mol. The minimum atomic E-state index is 0.613. The molecule has 1 aromatic rings. The standard InChI is InChI=1S/C13H19N3/c1-4-11-12(5-2)14-9-15-13(11)16(6-3)10-7-8-10/h6,9-10H,3-5,7-8H2,1-2H3. The predicted molar refractivity (Wildman–Crippen MR) is 66.5 cm³/mol. The molecule has 16 heavy (non-hydrogen) atoms. The van der Waals surface area contributed by atoms with E-state index in [0.29, 0.717) is 6.04 Å². The van der Waals surface area contributed by atoms with Crippen LogP contribution in [0.1, 0.15) is 37.9 Å². The van der Waals surface area contributed by atoms with Crippen LogP contribution in [0.4, 0.5) is 5.82 Å². The molecule has 0 radical (unpaired) electrons. The molecule has 0 spiro atoms. The third kappa shape index (κ3) is 1.94. The van der Waals surface area contributed by atoms with Crippen molar-refractivity contribution < 1.29 is 0 Å². The molecule has 0 saturated heterocycles. The monoisotopic (exact) mass is 217 g/mol. The van der Waals surface area contributed by atoms with Gasteiger partial charge in [0.05, 0.1) is 0 Å². The molecule has 0 unspecified atom stereocenters. The Morgan fingerprint density at radius 1 is 1.38 bits per heavy atom. The minimum absolute atomic E-state index is 0.613. The van der Waals surface area contributed by atoms with E-state index in [1.807, 2.05) is 6.20 Å². The smallest absolute Gasteiger partial charge is 0.139 e. The lowest BCUT2D eigenvalue weighted by atomic mass is 10.1. The predicted octanol–water partition coefficient (Wildman–Crippen LogP) is 2.71. The van der Waals surface area contributed by atoms with Gasteiger partial charge in [-0.15, -0.1) is 0 Å². The Bertz CT molecular complexity index is 383. The molecule has 0 atom stereocenters. The fourth-order valence-electron chi connectivity index (χ4n) is 2.09. The molecule has 1 aliphatic rings. The Kier molecular flexibility index (Phi) is 3.22. The molecule has 86 valence electrons. The van der Waals surface area contributed by atoms with Crippen molar-refractivity contribution in [1.82, 2.24) is 9.97 Å². The summed E-state index contributed by atoms with van der Waals surface area (Å²) in [4.78, 5) is 11.0. The van der Waals surface area contributed by atoms with E-state index in [1.54, 1.807) is 6.33 Å². The van der Waals surface area contributed by atoms with E-state index in [1.165, 1.54) is 24.1 Å². The summed E-state index contributed by atoms with van der Waals surface area (Å²) in [6.07, 6.45) is 8.02. The van der Waals surface area contributed by atoms with Crippen LogP contribution in [0, 0.1) is 0 Å². The maximum Gasteiger partial charge on any atom is 0.139 e. The molecular formula is C13H19N3. The molecule has 1 heterocycles. The Morgan fingerprint density at radius 2 is 2.12 bits per heavy atom. The fraction of sp³-hybridized carbons (Fsp3) is 0.538. The molecule has 1 fully saturated rings. The molecule has 3 nitrogen and oxygen atoms in total. The normalized spacial score (nSPS) is 14.9. The Labute approximate surface area is 97.2 Å². The van der Waals surface area contributed by atoms with Crippen LogP contribution in [0.15, 0.2) is 19.1 Å². The number of aryl methyl sites for hydroxylation is 1. The van der Waals surface area contributed by atoms with Gasteiger partial charge in [-0.05, 0) is 31.9 Å². The number of hydrogen-bond acceptors (Lipinski definition) is 3. The Hall–Kier alpha value is -1.38. The first-order chi connectivity index (χ1) is 7.81. The number of hydrogen-bond donors (Lipinski definition) is 0. The summed E-state index contributed by atoms with van der Waals surface area (Å²) in [5.74, 6) is 1.06. The van der Waals surface area contributed by atoms with Gasteiger partial charge in [-0.1, -0.05) is 20.4 Å². The zero-order valence-corrected chi connectivity index (χ0v) is 10.1. The second kappa shape index (κ2) is 4.64. The van der Waals surface area contributed by atoms with E-state index in [9.17, 15) is 0 Å². The number of nitrogens with zero attached hydrogens (tertiary/aromatic N) is 3. The van der Waals surface area contributed by atoms with Crippen molar-refractivity contribution >= 4 is 5.82 Å². The van der Waals surface area contributed by atoms with Crippen molar-refractivity contribution in [2.75, 3.05) is 4.90 Å². The van der Waals surface area contributed by atoms with Gasteiger partial charge in [0.2, 0.25) is 0 Å². The van der Waals surface area contributed by atoms with Crippen LogP contribution in [-0.2, 0) is 12.8 Å². The zero-order chi connectivity index (χ0) is 11.5. The van der Waals surface area contributed by atoms with E-state index >= 15 is 0 Å². The third-order valence-corrected chi connectivity index (χ3v) is 3.08. The van der Waals surface area contributed by atoms with E-state index in [-0.39, 0.29) is 0 Å². The van der Waals surface area contributed by atoms with Crippen molar-refractivity contribution in [2.45, 2.75) is 45.6 Å². The van der Waals surface area contributed by atoms with E-state index in [0.717, 1.165) is 18.7 Å². The summed E-state index contributed by atoms with van der Waals surface area (Å²) in [5, 5.41) is 0. The lowest BCUT2D eigenvalue weighted by Gasteiger charge is -2.22. The number of rotatable bonds is 5. The van der Waals surface area contributed by atoms with Crippen LogP contribution in [0.5, 0.6) is 0 Å². The quantitative estimate of drug-likeness (QED) is 0.759. The molecule has 1 saturated carbocycles. The topological polar surface area (TPSA) is 29.0 Å². The van der Waals surface area contributed by atoms with Gasteiger partial charge in [-0.3, -0.25) is 0 Å². The maximum absolute atomic E-state index is 4.43. The lowest BCUT2D eigenvalue weighted by Crippen LogP contribution is -2.21. The van der Waals surface area contributed by atoms with Gasteiger partial charge in [0.1, 0.15) is 12.1 Å². The molecule has 0 N–H and O–H groups in total.